The van der Waals surface area contributed by atoms with E-state index < -0.39 is 0 Å². The largest absolute Gasteiger partial charge is 0.492 e. The van der Waals surface area contributed by atoms with Crippen LogP contribution in [0.1, 0.15) is 5.56 Å². The van der Waals surface area contributed by atoms with Crippen molar-refractivity contribution in [3.05, 3.63) is 59.1 Å². The van der Waals surface area contributed by atoms with Gasteiger partial charge < -0.3 is 10.1 Å². The highest BCUT2D eigenvalue weighted by Crippen LogP contribution is 2.17. The summed E-state index contributed by atoms with van der Waals surface area (Å²) in [6.07, 6.45) is 0. The number of carbonyl (C=O) groups is 1. The minimum atomic E-state index is -0.0261. The van der Waals surface area contributed by atoms with Gasteiger partial charge in [0.25, 0.3) is 0 Å². The Balaban J connectivity index is 1.40. The van der Waals surface area contributed by atoms with E-state index in [1.165, 1.54) is 17.1 Å². The van der Waals surface area contributed by atoms with Crippen LogP contribution in [0.2, 0.25) is 5.02 Å². The Kier molecular flexibility index (Phi) is 8.68. The molecule has 0 saturated carbocycles. The fraction of sp³-hybridized carbons (Fsp3) is 0.409. The van der Waals surface area contributed by atoms with Gasteiger partial charge in [0.15, 0.2) is 0 Å². The topological polar surface area (TPSA) is 44.8 Å². The van der Waals surface area contributed by atoms with Crippen LogP contribution in [0.4, 0.5) is 5.69 Å². The normalized spacial score (nSPS) is 14.7. The molecule has 1 N–H and O–H groups in total. The number of rotatable bonds is 9. The standard InChI is InChI=1S/C22H28ClN3O2S/c1-25(8-11-28-21-7-3-5-19(23)15-21)17-22(27)24-20-6-2-4-18(14-20)16-26-9-12-29-13-10-26/h2-7,14-15H,8-13,16-17H2,1H3,(H,24,27). The summed E-state index contributed by atoms with van der Waals surface area (Å²) in [5, 5.41) is 3.65. The van der Waals surface area contributed by atoms with Gasteiger partial charge in [-0.2, -0.15) is 11.8 Å². The molecule has 5 nitrogen and oxygen atoms in total. The number of ether oxygens (including phenoxy) is 1. The fourth-order valence-electron chi connectivity index (χ4n) is 3.17. The molecule has 1 amide bonds. The maximum atomic E-state index is 12.4. The maximum Gasteiger partial charge on any atom is 0.238 e. The number of hydrogen-bond acceptors (Lipinski definition) is 5. The number of benzene rings is 2. The van der Waals surface area contributed by atoms with Crippen molar-refractivity contribution >= 4 is 35.0 Å². The Bertz CT molecular complexity index is 799. The van der Waals surface area contributed by atoms with Gasteiger partial charge in [0.1, 0.15) is 12.4 Å². The molecule has 0 aliphatic carbocycles. The molecule has 0 unspecified atom stereocenters. The van der Waals surface area contributed by atoms with Crippen LogP contribution in [-0.4, -0.2) is 67.0 Å². The third kappa shape index (κ3) is 7.90. The zero-order valence-corrected chi connectivity index (χ0v) is 18.3. The minimum absolute atomic E-state index is 0.0261. The number of anilines is 1. The van der Waals surface area contributed by atoms with Gasteiger partial charge in [-0.3, -0.25) is 14.6 Å². The molecule has 1 saturated heterocycles. The number of nitrogens with zero attached hydrogens (tertiary/aromatic N) is 2. The number of likely N-dealkylation sites (N-methyl/N-ethyl adjacent to an activating group) is 1. The van der Waals surface area contributed by atoms with Gasteiger partial charge in [-0.15, -0.1) is 0 Å². The molecule has 0 aromatic heterocycles. The first-order valence-corrected chi connectivity index (χ1v) is 11.4. The van der Waals surface area contributed by atoms with Crippen LogP contribution in [0.5, 0.6) is 5.75 Å². The molecule has 1 fully saturated rings. The molecule has 2 aromatic carbocycles. The number of thioether (sulfide) groups is 1. The SMILES string of the molecule is CN(CCOc1cccc(Cl)c1)CC(=O)Nc1cccc(CN2CCSCC2)c1. The summed E-state index contributed by atoms with van der Waals surface area (Å²) in [5.74, 6) is 3.11. The van der Waals surface area contributed by atoms with Crippen molar-refractivity contribution in [2.24, 2.45) is 0 Å². The van der Waals surface area contributed by atoms with Crippen LogP contribution < -0.4 is 10.1 Å². The van der Waals surface area contributed by atoms with Gasteiger partial charge in [-0.05, 0) is 42.9 Å². The molecule has 3 rings (SSSR count). The number of nitrogens with one attached hydrogen (secondary N) is 1. The molecule has 29 heavy (non-hydrogen) atoms. The molecule has 156 valence electrons. The smallest absolute Gasteiger partial charge is 0.238 e. The van der Waals surface area contributed by atoms with Crippen molar-refractivity contribution in [1.82, 2.24) is 9.80 Å². The molecule has 0 spiro atoms. The molecule has 1 heterocycles. The summed E-state index contributed by atoms with van der Waals surface area (Å²) in [6.45, 7) is 4.64. The van der Waals surface area contributed by atoms with Crippen molar-refractivity contribution in [3.63, 3.8) is 0 Å². The van der Waals surface area contributed by atoms with E-state index in [4.69, 9.17) is 16.3 Å². The van der Waals surface area contributed by atoms with E-state index >= 15 is 0 Å². The Morgan fingerprint density at radius 2 is 2.00 bits per heavy atom. The molecule has 0 radical (unpaired) electrons. The Morgan fingerprint density at radius 3 is 2.79 bits per heavy atom. The summed E-state index contributed by atoms with van der Waals surface area (Å²) in [6, 6.07) is 15.5. The quantitative estimate of drug-likeness (QED) is 0.651. The second-order valence-corrected chi connectivity index (χ2v) is 8.84. The third-order valence-corrected chi connectivity index (χ3v) is 5.85. The maximum absolute atomic E-state index is 12.4. The van der Waals surface area contributed by atoms with Crippen LogP contribution in [0.25, 0.3) is 0 Å². The zero-order chi connectivity index (χ0) is 20.5. The van der Waals surface area contributed by atoms with Crippen molar-refractivity contribution < 1.29 is 9.53 Å². The van der Waals surface area contributed by atoms with Crippen LogP contribution >= 0.6 is 23.4 Å². The molecule has 1 aliphatic heterocycles. The van der Waals surface area contributed by atoms with Gasteiger partial charge >= 0.3 is 0 Å². The molecular formula is C22H28ClN3O2S. The number of hydrogen-bond donors (Lipinski definition) is 1. The van der Waals surface area contributed by atoms with Gasteiger partial charge in [0.05, 0.1) is 6.54 Å². The molecule has 7 heteroatoms. The zero-order valence-electron chi connectivity index (χ0n) is 16.8. The average Bonchev–Trinajstić information content (AvgIpc) is 2.69. The van der Waals surface area contributed by atoms with E-state index in [0.29, 0.717) is 24.7 Å². The first-order chi connectivity index (χ1) is 14.1. The summed E-state index contributed by atoms with van der Waals surface area (Å²) < 4.78 is 5.68. The summed E-state index contributed by atoms with van der Waals surface area (Å²) in [7, 11) is 1.91. The van der Waals surface area contributed by atoms with Crippen molar-refractivity contribution in [3.8, 4) is 5.75 Å². The predicted molar refractivity (Wildman–Crippen MR) is 122 cm³/mol. The van der Waals surface area contributed by atoms with E-state index in [9.17, 15) is 4.79 Å². The highest BCUT2D eigenvalue weighted by atomic mass is 35.5. The van der Waals surface area contributed by atoms with Crippen LogP contribution in [0.15, 0.2) is 48.5 Å². The van der Waals surface area contributed by atoms with Crippen LogP contribution in [0.3, 0.4) is 0 Å². The molecule has 0 atom stereocenters. The highest BCUT2D eigenvalue weighted by Gasteiger charge is 2.12. The summed E-state index contributed by atoms with van der Waals surface area (Å²) >= 11 is 7.96. The molecule has 0 bridgehead atoms. The lowest BCUT2D eigenvalue weighted by molar-refractivity contribution is -0.117. The lowest BCUT2D eigenvalue weighted by atomic mass is 10.2. The first-order valence-electron chi connectivity index (χ1n) is 9.84. The third-order valence-electron chi connectivity index (χ3n) is 4.67. The highest BCUT2D eigenvalue weighted by molar-refractivity contribution is 7.99. The van der Waals surface area contributed by atoms with Gasteiger partial charge in [-0.25, -0.2) is 0 Å². The van der Waals surface area contributed by atoms with E-state index in [2.05, 4.69) is 22.3 Å². The first kappa shape index (κ1) is 22.0. The minimum Gasteiger partial charge on any atom is -0.492 e. The van der Waals surface area contributed by atoms with Crippen molar-refractivity contribution in [2.75, 3.05) is 56.7 Å². The number of carbonyl (C=O) groups excluding carboxylic acids is 1. The van der Waals surface area contributed by atoms with Gasteiger partial charge in [0.2, 0.25) is 5.91 Å². The predicted octanol–water partition coefficient (Wildman–Crippen LogP) is 3.84. The lowest BCUT2D eigenvalue weighted by Crippen LogP contribution is -2.33. The second kappa shape index (κ2) is 11.5. The summed E-state index contributed by atoms with van der Waals surface area (Å²) in [4.78, 5) is 16.8. The molecular weight excluding hydrogens is 406 g/mol. The Hall–Kier alpha value is -1.73. The molecule has 2 aromatic rings. The van der Waals surface area contributed by atoms with E-state index in [0.717, 1.165) is 31.1 Å². The van der Waals surface area contributed by atoms with Crippen LogP contribution in [0, 0.1) is 0 Å². The average molecular weight is 434 g/mol. The second-order valence-electron chi connectivity index (χ2n) is 7.18. The van der Waals surface area contributed by atoms with Gasteiger partial charge in [-0.1, -0.05) is 29.8 Å². The fourth-order valence-corrected chi connectivity index (χ4v) is 4.32. The van der Waals surface area contributed by atoms with E-state index in [1.807, 2.05) is 54.0 Å². The van der Waals surface area contributed by atoms with E-state index in [1.54, 1.807) is 6.07 Å². The number of amides is 1. The lowest BCUT2D eigenvalue weighted by Gasteiger charge is -2.26. The Morgan fingerprint density at radius 1 is 1.21 bits per heavy atom. The Labute approximate surface area is 182 Å². The monoisotopic (exact) mass is 433 g/mol. The van der Waals surface area contributed by atoms with Crippen molar-refractivity contribution in [1.29, 1.82) is 0 Å². The van der Waals surface area contributed by atoms with Gasteiger partial charge in [0, 0.05) is 48.4 Å². The number of halogens is 1. The van der Waals surface area contributed by atoms with Crippen LogP contribution in [-0.2, 0) is 11.3 Å². The van der Waals surface area contributed by atoms with E-state index in [-0.39, 0.29) is 5.91 Å². The molecule has 1 aliphatic rings. The summed E-state index contributed by atoms with van der Waals surface area (Å²) in [5.41, 5.74) is 2.08. The van der Waals surface area contributed by atoms with Crippen molar-refractivity contribution in [2.45, 2.75) is 6.54 Å².